The molecule has 0 bridgehead atoms. The van der Waals surface area contributed by atoms with Gasteiger partial charge in [0.15, 0.2) is 12.2 Å². The Morgan fingerprint density at radius 2 is 0.400 bits per heavy atom. The van der Waals surface area contributed by atoms with Crippen LogP contribution < -0.4 is 0 Å². The van der Waals surface area contributed by atoms with Gasteiger partial charge in [-0.15, -0.1) is 0 Å². The van der Waals surface area contributed by atoms with E-state index in [4.69, 9.17) is 37.0 Å². The molecule has 0 aliphatic heterocycles. The quantitative estimate of drug-likeness (QED) is 0.0222. The first-order valence-electron chi connectivity index (χ1n) is 49.5. The number of hydrogen-bond acceptors (Lipinski definition) is 15. The molecule has 19 heteroatoms. The van der Waals surface area contributed by atoms with Crippen LogP contribution in [0.3, 0.4) is 0 Å². The monoisotopic (exact) mass is 1680 g/mol. The number of unbranched alkanes of at least 4 members (excludes halogenated alkanes) is 65. The number of aliphatic hydroxyl groups is 1. The van der Waals surface area contributed by atoms with Crippen LogP contribution in [-0.4, -0.2) is 96.7 Å². The zero-order valence-electron chi connectivity index (χ0n) is 76.1. The molecule has 0 fully saturated rings. The van der Waals surface area contributed by atoms with Gasteiger partial charge in [-0.05, 0) is 37.5 Å². The highest BCUT2D eigenvalue weighted by Crippen LogP contribution is 2.45. The Labute approximate surface area is 708 Å². The predicted molar refractivity (Wildman–Crippen MR) is 478 cm³/mol. The van der Waals surface area contributed by atoms with Crippen LogP contribution in [-0.2, 0) is 65.4 Å². The van der Waals surface area contributed by atoms with Crippen LogP contribution in [0.15, 0.2) is 0 Å². The molecular formula is C96H188O17P2. The van der Waals surface area contributed by atoms with E-state index in [0.717, 1.165) is 102 Å². The summed E-state index contributed by atoms with van der Waals surface area (Å²) >= 11 is 0. The van der Waals surface area contributed by atoms with Crippen LogP contribution in [0.25, 0.3) is 0 Å². The molecule has 0 amide bonds. The van der Waals surface area contributed by atoms with Crippen molar-refractivity contribution >= 4 is 39.5 Å². The molecule has 0 aliphatic carbocycles. The SMILES string of the molecule is CCCCCCCCCCCCCCCCCCCCCCCCC(=O)OC[C@H](COP(=O)(O)OC[C@@H](O)COP(=O)(O)OC[C@@H](COC(=O)CCCCCCCCCCCC(C)C)OC(=O)CCCCCCCCCCCCCCCCCCC(C)C)OC(=O)CCCCCCCCCCCCCCCCCCCCCCCC. The van der Waals surface area contributed by atoms with Crippen molar-refractivity contribution in [3.05, 3.63) is 0 Å². The highest BCUT2D eigenvalue weighted by Gasteiger charge is 2.31. The molecule has 0 saturated heterocycles. The van der Waals surface area contributed by atoms with Crippen molar-refractivity contribution in [1.29, 1.82) is 0 Å². The van der Waals surface area contributed by atoms with Gasteiger partial charge in [-0.3, -0.25) is 37.3 Å². The largest absolute Gasteiger partial charge is 0.472 e. The standard InChI is InChI=1S/C96H188O17P2/c1-7-9-11-13-15-17-19-21-23-25-27-29-31-33-35-40-44-48-54-60-66-72-78-93(98)106-84-91(112-95(100)80-74-68-62-55-49-45-41-36-34-32-30-28-26-24-22-20-18-16-14-12-10-8-2)86-110-114(102,103)108-82-90(97)83-109-115(104,105)111-87-92(85-107-94(99)79-73-67-61-57-51-53-59-65-71-77-89(5)6)113-96(101)81-75-69-63-56-50-46-42-38-37-39-43-47-52-58-64-70-76-88(3)4/h88-92,97H,7-87H2,1-6H3,(H,102,103)(H,104,105)/t90-,91-,92-/m1/s1. The number of aliphatic hydroxyl groups excluding tert-OH is 1. The lowest BCUT2D eigenvalue weighted by Gasteiger charge is -2.21. The third-order valence-electron chi connectivity index (χ3n) is 22.7. The minimum Gasteiger partial charge on any atom is -0.462 e. The summed E-state index contributed by atoms with van der Waals surface area (Å²) in [4.78, 5) is 73.6. The van der Waals surface area contributed by atoms with E-state index < -0.39 is 97.5 Å². The van der Waals surface area contributed by atoms with E-state index in [2.05, 4.69) is 41.5 Å². The first kappa shape index (κ1) is 113. The lowest BCUT2D eigenvalue weighted by molar-refractivity contribution is -0.161. The van der Waals surface area contributed by atoms with Crippen molar-refractivity contribution < 1.29 is 80.2 Å². The van der Waals surface area contributed by atoms with Gasteiger partial charge in [0.25, 0.3) is 0 Å². The molecule has 115 heavy (non-hydrogen) atoms. The van der Waals surface area contributed by atoms with Gasteiger partial charge in [-0.25, -0.2) is 9.13 Å². The zero-order chi connectivity index (χ0) is 84.1. The Balaban J connectivity index is 5.23. The number of esters is 4. The van der Waals surface area contributed by atoms with Crippen molar-refractivity contribution in [2.45, 2.75) is 541 Å². The van der Waals surface area contributed by atoms with E-state index >= 15 is 0 Å². The summed E-state index contributed by atoms with van der Waals surface area (Å²) < 4.78 is 69.2. The van der Waals surface area contributed by atoms with Gasteiger partial charge in [0, 0.05) is 25.7 Å². The van der Waals surface area contributed by atoms with Crippen molar-refractivity contribution in [2.24, 2.45) is 11.8 Å². The maximum atomic E-state index is 13.2. The lowest BCUT2D eigenvalue weighted by atomic mass is 10.0. The van der Waals surface area contributed by atoms with E-state index in [1.807, 2.05) is 0 Å². The first-order valence-corrected chi connectivity index (χ1v) is 52.5. The molecule has 684 valence electrons. The number of carbonyl (C=O) groups is 4. The summed E-state index contributed by atoms with van der Waals surface area (Å²) in [5, 5.41) is 10.7. The van der Waals surface area contributed by atoms with Crippen molar-refractivity contribution in [3.63, 3.8) is 0 Å². The first-order chi connectivity index (χ1) is 55.9. The normalized spacial score (nSPS) is 13.7. The van der Waals surface area contributed by atoms with E-state index in [1.54, 1.807) is 0 Å². The molecule has 3 N–H and O–H groups in total. The highest BCUT2D eigenvalue weighted by atomic mass is 31.2. The van der Waals surface area contributed by atoms with Crippen LogP contribution in [0.5, 0.6) is 0 Å². The smallest absolute Gasteiger partial charge is 0.462 e. The van der Waals surface area contributed by atoms with Crippen LogP contribution in [0.1, 0.15) is 523 Å². The second-order valence-electron chi connectivity index (χ2n) is 35.4. The molecule has 0 spiro atoms. The summed E-state index contributed by atoms with van der Waals surface area (Å²) in [6.45, 7) is 9.74. The van der Waals surface area contributed by atoms with Crippen LogP contribution >= 0.6 is 15.6 Å². The molecule has 0 saturated carbocycles. The second kappa shape index (κ2) is 87.0. The Hall–Kier alpha value is -1.94. The van der Waals surface area contributed by atoms with Crippen molar-refractivity contribution in [1.82, 2.24) is 0 Å². The lowest BCUT2D eigenvalue weighted by Crippen LogP contribution is -2.30. The van der Waals surface area contributed by atoms with E-state index in [-0.39, 0.29) is 25.7 Å². The summed E-state index contributed by atoms with van der Waals surface area (Å²) in [5.74, 6) is -0.539. The maximum Gasteiger partial charge on any atom is 0.472 e. The molecule has 0 radical (unpaired) electrons. The second-order valence-corrected chi connectivity index (χ2v) is 38.3. The summed E-state index contributed by atoms with van der Waals surface area (Å²) in [6, 6.07) is 0. The Bertz CT molecular complexity index is 2190. The van der Waals surface area contributed by atoms with Crippen LogP contribution in [0, 0.1) is 11.8 Å². The number of ether oxygens (including phenoxy) is 4. The topological polar surface area (TPSA) is 237 Å². The zero-order valence-corrected chi connectivity index (χ0v) is 77.9. The Morgan fingerprint density at radius 1 is 0.235 bits per heavy atom. The van der Waals surface area contributed by atoms with Crippen molar-refractivity contribution in [3.8, 4) is 0 Å². The molecule has 0 heterocycles. The maximum absolute atomic E-state index is 13.2. The molecule has 0 aromatic rings. The highest BCUT2D eigenvalue weighted by molar-refractivity contribution is 7.47. The third kappa shape index (κ3) is 89.6. The number of phosphoric ester groups is 2. The summed E-state index contributed by atoms with van der Waals surface area (Å²) in [7, 11) is -9.94. The molecule has 0 aromatic carbocycles. The fraction of sp³-hybridized carbons (Fsp3) is 0.958. The molecule has 0 aromatic heterocycles. The van der Waals surface area contributed by atoms with E-state index in [0.29, 0.717) is 25.7 Å². The van der Waals surface area contributed by atoms with Gasteiger partial charge in [0.05, 0.1) is 26.4 Å². The number of hydrogen-bond donors (Lipinski definition) is 3. The molecule has 0 rings (SSSR count). The average molecular weight is 1680 g/mol. The number of phosphoric acid groups is 2. The molecular weight excluding hydrogens is 1490 g/mol. The van der Waals surface area contributed by atoms with Gasteiger partial charge in [0.1, 0.15) is 19.3 Å². The van der Waals surface area contributed by atoms with Gasteiger partial charge >= 0.3 is 39.5 Å². The van der Waals surface area contributed by atoms with Crippen LogP contribution in [0.4, 0.5) is 0 Å². The average Bonchev–Trinajstić information content (AvgIpc) is 0.896. The number of carbonyl (C=O) groups excluding carboxylic acids is 4. The van der Waals surface area contributed by atoms with Crippen molar-refractivity contribution in [2.75, 3.05) is 39.6 Å². The van der Waals surface area contributed by atoms with Crippen LogP contribution in [0.2, 0.25) is 0 Å². The molecule has 17 nitrogen and oxygen atoms in total. The van der Waals surface area contributed by atoms with Gasteiger partial charge in [-0.2, -0.15) is 0 Å². The Kier molecular flexibility index (Phi) is 85.5. The predicted octanol–water partition coefficient (Wildman–Crippen LogP) is 30.1. The Morgan fingerprint density at radius 3 is 0.591 bits per heavy atom. The minimum absolute atomic E-state index is 0.108. The molecule has 0 aliphatic rings. The fourth-order valence-corrected chi connectivity index (χ4v) is 16.8. The summed E-state index contributed by atoms with van der Waals surface area (Å²) in [6.07, 6.45) is 83.7. The minimum atomic E-state index is -4.97. The van der Waals surface area contributed by atoms with Gasteiger partial charge < -0.3 is 33.8 Å². The van der Waals surface area contributed by atoms with E-state index in [9.17, 15) is 43.2 Å². The summed E-state index contributed by atoms with van der Waals surface area (Å²) in [5.41, 5.74) is 0. The number of rotatable bonds is 95. The van der Waals surface area contributed by atoms with Gasteiger partial charge in [0.2, 0.25) is 0 Å². The molecule has 5 atom stereocenters. The third-order valence-corrected chi connectivity index (χ3v) is 24.6. The molecule has 2 unspecified atom stereocenters. The fourth-order valence-electron chi connectivity index (χ4n) is 15.2. The van der Waals surface area contributed by atoms with E-state index in [1.165, 1.54) is 340 Å². The van der Waals surface area contributed by atoms with Gasteiger partial charge in [-0.1, -0.05) is 472 Å².